The molecule has 1 rings (SSSR count). The van der Waals surface area contributed by atoms with Gasteiger partial charge in [-0.2, -0.15) is 0 Å². The predicted molar refractivity (Wildman–Crippen MR) is 68.4 cm³/mol. The first kappa shape index (κ1) is 14.8. The van der Waals surface area contributed by atoms with Crippen molar-refractivity contribution in [1.82, 2.24) is 9.29 Å². The molecule has 1 aromatic rings. The highest BCUT2D eigenvalue weighted by Crippen LogP contribution is 2.20. The van der Waals surface area contributed by atoms with E-state index in [1.807, 2.05) is 0 Å². The van der Waals surface area contributed by atoms with Crippen LogP contribution in [0.15, 0.2) is 23.2 Å². The first-order valence-corrected chi connectivity index (χ1v) is 6.85. The molecule has 3 N–H and O–H groups in total. The van der Waals surface area contributed by atoms with Crippen molar-refractivity contribution in [1.29, 1.82) is 0 Å². The minimum atomic E-state index is -3.59. The number of hydrazine groups is 1. The summed E-state index contributed by atoms with van der Waals surface area (Å²) >= 11 is 0. The Bertz CT molecular complexity index is 478. The number of hydrogen-bond acceptors (Lipinski definition) is 6. The smallest absolute Gasteiger partial charge is 0.246 e. The Morgan fingerprint density at radius 3 is 2.89 bits per heavy atom. The maximum atomic E-state index is 12.3. The van der Waals surface area contributed by atoms with E-state index in [0.29, 0.717) is 19.6 Å². The van der Waals surface area contributed by atoms with E-state index in [0.717, 1.165) is 0 Å². The molecule has 18 heavy (non-hydrogen) atoms. The summed E-state index contributed by atoms with van der Waals surface area (Å²) in [5.74, 6) is 5.39. The second-order valence-electron chi connectivity index (χ2n) is 3.67. The number of nitrogens with zero attached hydrogens (tertiary/aromatic N) is 2. The Balaban J connectivity index is 2.91. The SMILES string of the molecule is COCCCN(C)S(=O)(=O)c1cccnc1NN. The lowest BCUT2D eigenvalue weighted by Crippen LogP contribution is -2.29. The van der Waals surface area contributed by atoms with E-state index in [2.05, 4.69) is 10.4 Å². The first-order chi connectivity index (χ1) is 8.54. The average molecular weight is 274 g/mol. The molecule has 0 saturated carbocycles. The van der Waals surface area contributed by atoms with Gasteiger partial charge in [0, 0.05) is 33.5 Å². The fourth-order valence-corrected chi connectivity index (χ4v) is 2.74. The molecule has 7 nitrogen and oxygen atoms in total. The van der Waals surface area contributed by atoms with Crippen molar-refractivity contribution < 1.29 is 13.2 Å². The van der Waals surface area contributed by atoms with Gasteiger partial charge >= 0.3 is 0 Å². The van der Waals surface area contributed by atoms with Gasteiger partial charge in [-0.1, -0.05) is 0 Å². The molecule has 0 bridgehead atoms. The van der Waals surface area contributed by atoms with E-state index in [1.54, 1.807) is 13.2 Å². The third kappa shape index (κ3) is 3.39. The summed E-state index contributed by atoms with van der Waals surface area (Å²) in [6.45, 7) is 0.879. The van der Waals surface area contributed by atoms with E-state index < -0.39 is 10.0 Å². The topological polar surface area (TPSA) is 97.5 Å². The van der Waals surface area contributed by atoms with Crippen LogP contribution >= 0.6 is 0 Å². The summed E-state index contributed by atoms with van der Waals surface area (Å²) in [6, 6.07) is 3.01. The van der Waals surface area contributed by atoms with Gasteiger partial charge in [0.2, 0.25) is 10.0 Å². The summed E-state index contributed by atoms with van der Waals surface area (Å²) in [6.07, 6.45) is 2.09. The van der Waals surface area contributed by atoms with Crippen LogP contribution in [0.5, 0.6) is 0 Å². The number of aromatic nitrogens is 1. The number of rotatable bonds is 7. The van der Waals surface area contributed by atoms with Crippen molar-refractivity contribution in [3.8, 4) is 0 Å². The molecule has 0 aliphatic carbocycles. The number of nitrogens with two attached hydrogens (primary N) is 1. The zero-order chi connectivity index (χ0) is 13.6. The van der Waals surface area contributed by atoms with Crippen LogP contribution < -0.4 is 11.3 Å². The predicted octanol–water partition coefficient (Wildman–Crippen LogP) is 0.0242. The second-order valence-corrected chi connectivity index (χ2v) is 5.68. The number of pyridine rings is 1. The first-order valence-electron chi connectivity index (χ1n) is 5.41. The Morgan fingerprint density at radius 1 is 1.56 bits per heavy atom. The van der Waals surface area contributed by atoms with Gasteiger partial charge in [0.15, 0.2) is 5.82 Å². The molecular formula is C10H18N4O3S. The van der Waals surface area contributed by atoms with Crippen molar-refractivity contribution in [2.45, 2.75) is 11.3 Å². The molecule has 0 atom stereocenters. The zero-order valence-electron chi connectivity index (χ0n) is 10.5. The number of ether oxygens (including phenoxy) is 1. The number of nitrogens with one attached hydrogen (secondary N) is 1. The molecule has 1 aromatic heterocycles. The van der Waals surface area contributed by atoms with Gasteiger partial charge in [-0.05, 0) is 18.6 Å². The molecule has 0 aromatic carbocycles. The molecule has 0 spiro atoms. The highest BCUT2D eigenvalue weighted by Gasteiger charge is 2.23. The lowest BCUT2D eigenvalue weighted by atomic mass is 10.4. The highest BCUT2D eigenvalue weighted by molar-refractivity contribution is 7.89. The van der Waals surface area contributed by atoms with Gasteiger partial charge < -0.3 is 10.2 Å². The molecule has 8 heteroatoms. The average Bonchev–Trinajstić information content (AvgIpc) is 2.38. The summed E-state index contributed by atoms with van der Waals surface area (Å²) in [4.78, 5) is 3.94. The van der Waals surface area contributed by atoms with Gasteiger partial charge in [-0.15, -0.1) is 0 Å². The summed E-state index contributed by atoms with van der Waals surface area (Å²) < 4.78 is 30.7. The van der Waals surface area contributed by atoms with Gasteiger partial charge in [-0.3, -0.25) is 0 Å². The third-order valence-corrected chi connectivity index (χ3v) is 4.31. The summed E-state index contributed by atoms with van der Waals surface area (Å²) in [5, 5.41) is 0. The van der Waals surface area contributed by atoms with E-state index >= 15 is 0 Å². The fourth-order valence-electron chi connectivity index (χ4n) is 1.43. The van der Waals surface area contributed by atoms with Crippen molar-refractivity contribution in [3.63, 3.8) is 0 Å². The molecule has 0 aliphatic rings. The Hall–Kier alpha value is -1.22. The van der Waals surface area contributed by atoms with E-state index in [4.69, 9.17) is 10.6 Å². The van der Waals surface area contributed by atoms with Gasteiger partial charge in [0.25, 0.3) is 0 Å². The molecule has 0 saturated heterocycles. The molecular weight excluding hydrogens is 256 g/mol. The van der Waals surface area contributed by atoms with Gasteiger partial charge in [-0.25, -0.2) is 23.5 Å². The van der Waals surface area contributed by atoms with Crippen molar-refractivity contribution in [3.05, 3.63) is 18.3 Å². The van der Waals surface area contributed by atoms with Crippen LogP contribution in [0.3, 0.4) is 0 Å². The second kappa shape index (κ2) is 6.64. The highest BCUT2D eigenvalue weighted by atomic mass is 32.2. The number of sulfonamides is 1. The molecule has 0 amide bonds. The van der Waals surface area contributed by atoms with Crippen LogP contribution in [0.4, 0.5) is 5.82 Å². The van der Waals surface area contributed by atoms with Crippen LogP contribution in [0.25, 0.3) is 0 Å². The number of nitrogen functional groups attached to an aromatic ring is 1. The fraction of sp³-hybridized carbons (Fsp3) is 0.500. The van der Waals surface area contributed by atoms with Crippen LogP contribution in [-0.2, 0) is 14.8 Å². The van der Waals surface area contributed by atoms with Crippen LogP contribution in [0.1, 0.15) is 6.42 Å². The van der Waals surface area contributed by atoms with E-state index in [-0.39, 0.29) is 10.7 Å². The molecule has 0 fully saturated rings. The van der Waals surface area contributed by atoms with Gasteiger partial charge in [0.1, 0.15) is 4.90 Å². The number of methoxy groups -OCH3 is 1. The third-order valence-electron chi connectivity index (χ3n) is 2.42. The van der Waals surface area contributed by atoms with Crippen LogP contribution in [0, 0.1) is 0 Å². The quantitative estimate of drug-likeness (QED) is 0.413. The lowest BCUT2D eigenvalue weighted by molar-refractivity contribution is 0.189. The standard InChI is InChI=1S/C10H18N4O3S/c1-14(7-4-8-17-2)18(15,16)9-5-3-6-12-10(9)13-11/h3,5-6H,4,7-8,11H2,1-2H3,(H,12,13). The molecule has 0 aliphatic heterocycles. The monoisotopic (exact) mass is 274 g/mol. The summed E-state index contributed by atoms with van der Waals surface area (Å²) in [5.41, 5.74) is 2.28. The molecule has 1 heterocycles. The Kier molecular flexibility index (Phi) is 5.48. The van der Waals surface area contributed by atoms with Crippen molar-refractivity contribution in [2.75, 3.05) is 32.7 Å². The van der Waals surface area contributed by atoms with Crippen LogP contribution in [0.2, 0.25) is 0 Å². The van der Waals surface area contributed by atoms with Crippen LogP contribution in [-0.4, -0.2) is 45.0 Å². The summed E-state index contributed by atoms with van der Waals surface area (Å²) in [7, 11) is -0.502. The normalized spacial score (nSPS) is 11.8. The lowest BCUT2D eigenvalue weighted by Gasteiger charge is -2.18. The maximum Gasteiger partial charge on any atom is 0.246 e. The largest absolute Gasteiger partial charge is 0.385 e. The molecule has 0 unspecified atom stereocenters. The molecule has 102 valence electrons. The Labute approximate surface area is 107 Å². The number of hydrogen-bond donors (Lipinski definition) is 2. The Morgan fingerprint density at radius 2 is 2.28 bits per heavy atom. The minimum absolute atomic E-state index is 0.0624. The minimum Gasteiger partial charge on any atom is -0.385 e. The van der Waals surface area contributed by atoms with Crippen molar-refractivity contribution in [2.24, 2.45) is 5.84 Å². The van der Waals surface area contributed by atoms with E-state index in [9.17, 15) is 8.42 Å². The zero-order valence-corrected chi connectivity index (χ0v) is 11.3. The maximum absolute atomic E-state index is 12.3. The van der Waals surface area contributed by atoms with Gasteiger partial charge in [0.05, 0.1) is 0 Å². The van der Waals surface area contributed by atoms with Crippen molar-refractivity contribution >= 4 is 15.8 Å². The van der Waals surface area contributed by atoms with E-state index in [1.165, 1.54) is 23.6 Å². The number of anilines is 1. The molecule has 0 radical (unpaired) electrons.